The van der Waals surface area contributed by atoms with Gasteiger partial charge in [0.15, 0.2) is 5.82 Å². The number of piperidine rings is 3. The number of benzene rings is 2. The minimum absolute atomic E-state index is 0.0884. The average Bonchev–Trinajstić information content (AvgIpc) is 3.52. The number of nitrogens with zero attached hydrogens (tertiary/aromatic N) is 7. The van der Waals surface area contributed by atoms with E-state index in [4.69, 9.17) is 0 Å². The van der Waals surface area contributed by atoms with E-state index in [-0.39, 0.29) is 29.9 Å². The minimum Gasteiger partial charge on any atom is -0.507 e. The topological polar surface area (TPSA) is 137 Å². The monoisotopic (exact) mass is 733 g/mol. The average molecular weight is 734 g/mol. The van der Waals surface area contributed by atoms with Gasteiger partial charge < -0.3 is 30.0 Å². The minimum atomic E-state index is -0.570. The Morgan fingerprint density at radius 3 is 2.33 bits per heavy atom. The first-order valence-corrected chi connectivity index (χ1v) is 20.0. The molecule has 3 aromatic rings. The second-order valence-electron chi connectivity index (χ2n) is 16.2. The third kappa shape index (κ3) is 7.04. The highest BCUT2D eigenvalue weighted by molar-refractivity contribution is 6.05. The van der Waals surface area contributed by atoms with Crippen molar-refractivity contribution in [3.05, 3.63) is 65.2 Å². The number of phenolic OH excluding ortho intramolecular Hbond substituents is 1. The van der Waals surface area contributed by atoms with Gasteiger partial charge in [0.05, 0.1) is 17.4 Å². The molecule has 13 nitrogen and oxygen atoms in total. The number of hydrogen-bond donors (Lipinski definition) is 3. The maximum atomic E-state index is 13.3. The van der Waals surface area contributed by atoms with Gasteiger partial charge in [-0.05, 0) is 106 Å². The summed E-state index contributed by atoms with van der Waals surface area (Å²) in [5.74, 6) is 1.52. The van der Waals surface area contributed by atoms with E-state index in [1.807, 2.05) is 18.2 Å². The second-order valence-corrected chi connectivity index (χ2v) is 16.2. The van der Waals surface area contributed by atoms with E-state index >= 15 is 0 Å². The highest BCUT2D eigenvalue weighted by atomic mass is 16.3. The lowest BCUT2D eigenvalue weighted by molar-refractivity contribution is -0.136. The number of phenols is 1. The molecule has 3 N–H and O–H groups in total. The molecule has 6 aliphatic heterocycles. The first-order valence-electron chi connectivity index (χ1n) is 20.0. The van der Waals surface area contributed by atoms with Gasteiger partial charge in [0.1, 0.15) is 11.8 Å². The molecular weight excluding hydrogens is 683 g/mol. The molecule has 0 saturated carbocycles. The Morgan fingerprint density at radius 2 is 1.56 bits per heavy atom. The van der Waals surface area contributed by atoms with Crippen LogP contribution in [0.5, 0.6) is 5.75 Å². The smallest absolute Gasteiger partial charge is 0.255 e. The molecular formula is C41H51N9O4. The van der Waals surface area contributed by atoms with Crippen molar-refractivity contribution in [3.8, 4) is 17.0 Å². The first kappa shape index (κ1) is 35.1. The normalized spacial score (nSPS) is 24.6. The van der Waals surface area contributed by atoms with E-state index in [1.54, 1.807) is 11.0 Å². The van der Waals surface area contributed by atoms with E-state index in [9.17, 15) is 19.5 Å². The van der Waals surface area contributed by atoms with Crippen molar-refractivity contribution in [1.29, 1.82) is 0 Å². The van der Waals surface area contributed by atoms with Gasteiger partial charge in [-0.15, -0.1) is 10.2 Å². The zero-order valence-electron chi connectivity index (χ0n) is 31.0. The maximum absolute atomic E-state index is 13.3. The lowest BCUT2D eigenvalue weighted by Gasteiger charge is -2.47. The molecule has 4 saturated heterocycles. The summed E-state index contributed by atoms with van der Waals surface area (Å²) in [7, 11) is 0. The van der Waals surface area contributed by atoms with Crippen LogP contribution in [-0.2, 0) is 16.1 Å². The summed E-state index contributed by atoms with van der Waals surface area (Å²) in [5.41, 5.74) is 5.41. The fourth-order valence-electron chi connectivity index (χ4n) is 9.70. The van der Waals surface area contributed by atoms with Crippen LogP contribution in [0, 0.1) is 5.92 Å². The Morgan fingerprint density at radius 1 is 0.778 bits per heavy atom. The number of para-hydroxylation sites is 1. The molecule has 2 aromatic carbocycles. The first-order chi connectivity index (χ1) is 26.4. The quantitative estimate of drug-likeness (QED) is 0.295. The van der Waals surface area contributed by atoms with E-state index < -0.39 is 6.04 Å². The third-order valence-corrected chi connectivity index (χ3v) is 12.9. The van der Waals surface area contributed by atoms with Crippen molar-refractivity contribution in [2.75, 3.05) is 82.2 Å². The zero-order valence-corrected chi connectivity index (χ0v) is 31.0. The van der Waals surface area contributed by atoms with Crippen molar-refractivity contribution < 1.29 is 19.5 Å². The van der Waals surface area contributed by atoms with Gasteiger partial charge in [0.2, 0.25) is 11.8 Å². The molecule has 0 aliphatic carbocycles. The number of rotatable bonds is 8. The second kappa shape index (κ2) is 14.9. The van der Waals surface area contributed by atoms with Crippen LogP contribution in [0.3, 0.4) is 0 Å². The van der Waals surface area contributed by atoms with Gasteiger partial charge in [0.25, 0.3) is 5.91 Å². The van der Waals surface area contributed by atoms with E-state index in [1.165, 1.54) is 38.0 Å². The summed E-state index contributed by atoms with van der Waals surface area (Å²) in [6.45, 7) is 12.2. The van der Waals surface area contributed by atoms with E-state index in [0.29, 0.717) is 36.2 Å². The number of nitrogens with one attached hydrogen (secondary N) is 2. The summed E-state index contributed by atoms with van der Waals surface area (Å²) in [6.07, 6.45) is 5.35. The molecule has 6 aliphatic rings. The van der Waals surface area contributed by atoms with Crippen LogP contribution in [0.2, 0.25) is 0 Å². The molecule has 13 heteroatoms. The Kier molecular flexibility index (Phi) is 9.70. The van der Waals surface area contributed by atoms with Crippen molar-refractivity contribution in [1.82, 2.24) is 35.1 Å². The van der Waals surface area contributed by atoms with Crippen molar-refractivity contribution in [2.45, 2.75) is 63.1 Å². The lowest BCUT2D eigenvalue weighted by atomic mass is 9.88. The number of carbonyl (C=O) groups is 3. The number of anilines is 2. The molecule has 9 rings (SSSR count). The van der Waals surface area contributed by atoms with Crippen LogP contribution in [0.1, 0.15) is 65.9 Å². The zero-order chi connectivity index (χ0) is 36.8. The fraction of sp³-hybridized carbons (Fsp3) is 0.537. The van der Waals surface area contributed by atoms with Crippen LogP contribution >= 0.6 is 0 Å². The predicted molar refractivity (Wildman–Crippen MR) is 205 cm³/mol. The van der Waals surface area contributed by atoms with Crippen LogP contribution in [-0.4, -0.2) is 137 Å². The number of aromatic nitrogens is 2. The number of piperazine rings is 1. The number of imide groups is 1. The summed E-state index contributed by atoms with van der Waals surface area (Å²) in [6, 6.07) is 15.5. The molecule has 2 atom stereocenters. The van der Waals surface area contributed by atoms with Gasteiger partial charge in [-0.2, -0.15) is 0 Å². The molecule has 3 amide bonds. The molecule has 0 spiro atoms. The van der Waals surface area contributed by atoms with Crippen molar-refractivity contribution >= 4 is 29.2 Å². The Bertz CT molecular complexity index is 1910. The molecule has 0 radical (unpaired) electrons. The van der Waals surface area contributed by atoms with Gasteiger partial charge in [0, 0.05) is 69.9 Å². The highest BCUT2D eigenvalue weighted by Crippen LogP contribution is 2.37. The van der Waals surface area contributed by atoms with E-state index in [2.05, 4.69) is 64.7 Å². The Hall–Kier alpha value is -4.59. The van der Waals surface area contributed by atoms with Gasteiger partial charge >= 0.3 is 0 Å². The van der Waals surface area contributed by atoms with Gasteiger partial charge in [-0.3, -0.25) is 24.6 Å². The fourth-order valence-corrected chi connectivity index (χ4v) is 9.70. The molecule has 7 heterocycles. The standard InChI is InChI=1S/C41H51N9O4/c51-37-4-2-1-3-32(37)34-22-36-39(45-44-34)42-23-31-26-48(19-20-49(31)36)24-27-9-13-46(14-10-27)17-18-47-15-11-28(12-16-47)29-5-6-30-25-50(41(54)33(30)21-29)35-7-8-38(52)43-40(35)53/h1-6,21-22,27-28,31,35,51H,7-20,23-26H2,(H,42,45)(H,43,52,53)/t31-,35?/m0/s1. The van der Waals surface area contributed by atoms with Crippen LogP contribution in [0.15, 0.2) is 48.5 Å². The largest absolute Gasteiger partial charge is 0.507 e. The number of carbonyl (C=O) groups excluding carboxylic acids is 3. The van der Waals surface area contributed by atoms with Gasteiger partial charge in [-0.1, -0.05) is 24.3 Å². The SMILES string of the molecule is O=C1CCC(N2Cc3ccc(C4CCN(CCN5CCC(CN6CCN7c8cc(-c9ccccc9O)nnc8NC[C@H]7C6)CC5)CC4)cc3C2=O)C(=O)N1. The summed E-state index contributed by atoms with van der Waals surface area (Å²) in [5, 5.41) is 25.2. The van der Waals surface area contributed by atoms with E-state index in [0.717, 1.165) is 93.7 Å². The summed E-state index contributed by atoms with van der Waals surface area (Å²) in [4.78, 5) is 49.5. The highest BCUT2D eigenvalue weighted by Gasteiger charge is 2.40. The lowest BCUT2D eigenvalue weighted by Crippen LogP contribution is -2.58. The molecule has 0 bridgehead atoms. The third-order valence-electron chi connectivity index (χ3n) is 12.9. The summed E-state index contributed by atoms with van der Waals surface area (Å²) >= 11 is 0. The molecule has 1 aromatic heterocycles. The summed E-state index contributed by atoms with van der Waals surface area (Å²) < 4.78 is 0. The number of likely N-dealkylation sites (tertiary alicyclic amines) is 2. The number of hydrogen-bond acceptors (Lipinski definition) is 11. The molecule has 4 fully saturated rings. The molecule has 1 unspecified atom stereocenters. The number of aromatic hydroxyl groups is 1. The maximum Gasteiger partial charge on any atom is 0.255 e. The van der Waals surface area contributed by atoms with Crippen LogP contribution in [0.4, 0.5) is 11.5 Å². The Labute approximate surface area is 316 Å². The van der Waals surface area contributed by atoms with Gasteiger partial charge in [-0.25, -0.2) is 0 Å². The molecule has 284 valence electrons. The van der Waals surface area contributed by atoms with Crippen LogP contribution < -0.4 is 15.5 Å². The molecule has 54 heavy (non-hydrogen) atoms. The predicted octanol–water partition coefficient (Wildman–Crippen LogP) is 3.12. The van der Waals surface area contributed by atoms with Crippen molar-refractivity contribution in [3.63, 3.8) is 0 Å². The number of amides is 3. The Balaban J connectivity index is 0.703. The number of fused-ring (bicyclic) bond motifs is 4. The van der Waals surface area contributed by atoms with Crippen LogP contribution in [0.25, 0.3) is 11.3 Å². The van der Waals surface area contributed by atoms with Crippen molar-refractivity contribution in [2.24, 2.45) is 5.92 Å².